The molecule has 0 spiro atoms. The minimum absolute atomic E-state index is 0.128. The molecule has 0 radical (unpaired) electrons. The monoisotopic (exact) mass is 322 g/mol. The van der Waals surface area contributed by atoms with E-state index in [4.69, 9.17) is 9.47 Å². The van der Waals surface area contributed by atoms with Gasteiger partial charge >= 0.3 is 5.97 Å². The van der Waals surface area contributed by atoms with Crippen LogP contribution in [0.15, 0.2) is 6.20 Å². The lowest BCUT2D eigenvalue weighted by Gasteiger charge is -2.22. The molecule has 1 unspecified atom stereocenters. The molecule has 2 aliphatic rings. The first-order chi connectivity index (χ1) is 11.2. The van der Waals surface area contributed by atoms with E-state index < -0.39 is 5.97 Å². The number of carbonyl (C=O) groups is 1. The number of carboxylic acids is 1. The van der Waals surface area contributed by atoms with Gasteiger partial charge in [0.1, 0.15) is 11.8 Å². The molecular weight excluding hydrogens is 296 g/mol. The van der Waals surface area contributed by atoms with E-state index in [2.05, 4.69) is 5.10 Å². The lowest BCUT2D eigenvalue weighted by Crippen LogP contribution is -2.18. The Bertz CT molecular complexity index is 517. The minimum atomic E-state index is -1.00. The number of hydrogen-bond acceptors (Lipinski definition) is 4. The van der Waals surface area contributed by atoms with Gasteiger partial charge in [-0.1, -0.05) is 32.1 Å². The molecule has 1 atom stereocenters. The first-order valence-corrected chi connectivity index (χ1v) is 8.81. The van der Waals surface area contributed by atoms with Crippen molar-refractivity contribution in [1.29, 1.82) is 0 Å². The van der Waals surface area contributed by atoms with Crippen molar-refractivity contribution in [1.82, 2.24) is 9.78 Å². The van der Waals surface area contributed by atoms with E-state index in [0.717, 1.165) is 25.7 Å². The van der Waals surface area contributed by atoms with Gasteiger partial charge in [-0.3, -0.25) is 0 Å². The molecule has 1 aromatic heterocycles. The van der Waals surface area contributed by atoms with Crippen molar-refractivity contribution < 1.29 is 19.4 Å². The summed E-state index contributed by atoms with van der Waals surface area (Å²) in [4.78, 5) is 11.4. The van der Waals surface area contributed by atoms with E-state index >= 15 is 0 Å². The summed E-state index contributed by atoms with van der Waals surface area (Å²) in [5, 5.41) is 13.7. The van der Waals surface area contributed by atoms with Crippen LogP contribution < -0.4 is 4.74 Å². The highest BCUT2D eigenvalue weighted by Crippen LogP contribution is 2.28. The molecule has 6 nitrogen and oxygen atoms in total. The third-order valence-electron chi connectivity index (χ3n) is 4.87. The molecule has 2 fully saturated rings. The molecule has 128 valence electrons. The van der Waals surface area contributed by atoms with E-state index in [1.807, 2.05) is 0 Å². The molecule has 1 N–H and O–H groups in total. The third-order valence-corrected chi connectivity index (χ3v) is 4.87. The van der Waals surface area contributed by atoms with Gasteiger partial charge in [0.25, 0.3) is 0 Å². The summed E-state index contributed by atoms with van der Waals surface area (Å²) < 4.78 is 13.0. The molecule has 1 aliphatic carbocycles. The normalized spacial score (nSPS) is 22.9. The van der Waals surface area contributed by atoms with Crippen LogP contribution in [-0.2, 0) is 4.74 Å². The van der Waals surface area contributed by atoms with Crippen LogP contribution in [-0.4, -0.2) is 34.1 Å². The van der Waals surface area contributed by atoms with Crippen molar-refractivity contribution in [2.45, 2.75) is 64.0 Å². The fourth-order valence-electron chi connectivity index (χ4n) is 3.51. The maximum absolute atomic E-state index is 11.4. The Hall–Kier alpha value is -1.56. The van der Waals surface area contributed by atoms with Crippen molar-refractivity contribution in [3.63, 3.8) is 0 Å². The molecule has 2 heterocycles. The summed E-state index contributed by atoms with van der Waals surface area (Å²) in [6.45, 7) is 1.23. The van der Waals surface area contributed by atoms with Crippen LogP contribution in [0, 0.1) is 5.92 Å². The lowest BCUT2D eigenvalue weighted by molar-refractivity contribution is -0.0400. The zero-order valence-electron chi connectivity index (χ0n) is 13.6. The Balaban J connectivity index is 1.60. The van der Waals surface area contributed by atoms with Crippen LogP contribution in [0.5, 0.6) is 5.88 Å². The van der Waals surface area contributed by atoms with Gasteiger partial charge in [-0.25, -0.2) is 9.48 Å². The molecular formula is C17H26N2O4. The molecule has 1 aromatic rings. The highest BCUT2D eigenvalue weighted by molar-refractivity contribution is 5.89. The van der Waals surface area contributed by atoms with Crippen LogP contribution in [0.4, 0.5) is 0 Å². The van der Waals surface area contributed by atoms with Gasteiger partial charge < -0.3 is 14.6 Å². The smallest absolute Gasteiger partial charge is 0.342 e. The fourth-order valence-corrected chi connectivity index (χ4v) is 3.51. The number of rotatable bonds is 6. The van der Waals surface area contributed by atoms with E-state index in [1.165, 1.54) is 38.3 Å². The van der Waals surface area contributed by atoms with Crippen molar-refractivity contribution in [2.75, 3.05) is 13.2 Å². The number of aromatic nitrogens is 2. The van der Waals surface area contributed by atoms with Crippen LogP contribution in [0.2, 0.25) is 0 Å². The largest absolute Gasteiger partial charge is 0.477 e. The summed E-state index contributed by atoms with van der Waals surface area (Å²) in [5.74, 6) is -0.0667. The Kier molecular flexibility index (Phi) is 5.54. The molecule has 1 aliphatic heterocycles. The zero-order chi connectivity index (χ0) is 16.1. The molecule has 1 saturated carbocycles. The topological polar surface area (TPSA) is 73.6 Å². The van der Waals surface area contributed by atoms with Crippen molar-refractivity contribution in [3.8, 4) is 5.88 Å². The molecule has 6 heteroatoms. The predicted molar refractivity (Wildman–Crippen MR) is 84.7 cm³/mol. The van der Waals surface area contributed by atoms with Crippen LogP contribution in [0.1, 0.15) is 74.4 Å². The number of ether oxygens (including phenoxy) is 2. The maximum Gasteiger partial charge on any atom is 0.342 e. The Morgan fingerprint density at radius 1 is 1.26 bits per heavy atom. The molecule has 23 heavy (non-hydrogen) atoms. The van der Waals surface area contributed by atoms with Gasteiger partial charge in [-0.2, -0.15) is 0 Å². The Morgan fingerprint density at radius 3 is 2.74 bits per heavy atom. The van der Waals surface area contributed by atoms with Crippen molar-refractivity contribution in [2.24, 2.45) is 5.92 Å². The first kappa shape index (κ1) is 16.3. The van der Waals surface area contributed by atoms with Crippen molar-refractivity contribution in [3.05, 3.63) is 11.8 Å². The zero-order valence-corrected chi connectivity index (χ0v) is 13.6. The average molecular weight is 322 g/mol. The van der Waals surface area contributed by atoms with E-state index in [9.17, 15) is 9.90 Å². The van der Waals surface area contributed by atoms with Gasteiger partial charge in [0.15, 0.2) is 0 Å². The highest BCUT2D eigenvalue weighted by atomic mass is 16.5. The summed E-state index contributed by atoms with van der Waals surface area (Å²) in [7, 11) is 0. The summed E-state index contributed by atoms with van der Waals surface area (Å²) in [6, 6.07) is 0. The van der Waals surface area contributed by atoms with Gasteiger partial charge in [-0.15, -0.1) is 5.10 Å². The fraction of sp³-hybridized carbons (Fsp3) is 0.765. The van der Waals surface area contributed by atoms with E-state index in [-0.39, 0.29) is 17.7 Å². The first-order valence-electron chi connectivity index (χ1n) is 8.81. The summed E-state index contributed by atoms with van der Waals surface area (Å²) >= 11 is 0. The predicted octanol–water partition coefficient (Wildman–Crippen LogP) is 3.63. The van der Waals surface area contributed by atoms with E-state index in [1.54, 1.807) is 4.68 Å². The van der Waals surface area contributed by atoms with Crippen LogP contribution in [0.25, 0.3) is 0 Å². The van der Waals surface area contributed by atoms with Crippen LogP contribution in [0.3, 0.4) is 0 Å². The summed E-state index contributed by atoms with van der Waals surface area (Å²) in [6.07, 6.45) is 11.8. The van der Waals surface area contributed by atoms with Gasteiger partial charge in [0.05, 0.1) is 6.61 Å². The van der Waals surface area contributed by atoms with Crippen molar-refractivity contribution >= 4 is 5.97 Å². The number of nitrogens with zero attached hydrogens (tertiary/aromatic N) is 2. The summed E-state index contributed by atoms with van der Waals surface area (Å²) in [5.41, 5.74) is 0.128. The quantitative estimate of drug-likeness (QED) is 0.865. The molecule has 0 amide bonds. The minimum Gasteiger partial charge on any atom is -0.477 e. The molecule has 1 saturated heterocycles. The second-order valence-electron chi connectivity index (χ2n) is 6.60. The molecule has 3 rings (SSSR count). The second-order valence-corrected chi connectivity index (χ2v) is 6.60. The second kappa shape index (κ2) is 7.81. The Labute approximate surface area is 136 Å². The SMILES string of the molecule is O=C(O)c1cn(C2CCCCO2)nc1OCCC1CCCCC1. The Morgan fingerprint density at radius 2 is 2.04 bits per heavy atom. The molecule has 0 aromatic carbocycles. The number of hydrogen-bond donors (Lipinski definition) is 1. The third kappa shape index (κ3) is 4.25. The molecule has 0 bridgehead atoms. The van der Waals surface area contributed by atoms with E-state index in [0.29, 0.717) is 19.1 Å². The van der Waals surface area contributed by atoms with Gasteiger partial charge in [-0.05, 0) is 31.6 Å². The maximum atomic E-state index is 11.4. The van der Waals surface area contributed by atoms with Crippen LogP contribution >= 0.6 is 0 Å². The standard InChI is InChI=1S/C17H26N2O4/c20-17(21)14-12-19(15-8-4-5-10-22-15)18-16(14)23-11-9-13-6-2-1-3-7-13/h12-13,15H,1-11H2,(H,20,21). The van der Waals surface area contributed by atoms with Gasteiger partial charge in [0, 0.05) is 12.8 Å². The number of carboxylic acid groups (broad SMARTS) is 1. The number of aromatic carboxylic acids is 1. The highest BCUT2D eigenvalue weighted by Gasteiger charge is 2.23. The lowest BCUT2D eigenvalue weighted by atomic mass is 9.87. The van der Waals surface area contributed by atoms with Gasteiger partial charge in [0.2, 0.25) is 5.88 Å². The average Bonchev–Trinajstić information content (AvgIpc) is 3.01.